The third-order valence-corrected chi connectivity index (χ3v) is 3.84. The van der Waals surface area contributed by atoms with Crippen LogP contribution >= 0.6 is 0 Å². The van der Waals surface area contributed by atoms with Gasteiger partial charge < -0.3 is 20.1 Å². The van der Waals surface area contributed by atoms with Crippen LogP contribution in [-0.2, 0) is 6.54 Å². The summed E-state index contributed by atoms with van der Waals surface area (Å²) in [7, 11) is 1.76. The number of nitrogens with one attached hydrogen (secondary N) is 2. The summed E-state index contributed by atoms with van der Waals surface area (Å²) in [5, 5.41) is 10.9. The summed E-state index contributed by atoms with van der Waals surface area (Å²) in [4.78, 5) is 4.29. The first kappa shape index (κ1) is 19.6. The minimum Gasteiger partial charge on any atom is -0.490 e. The van der Waals surface area contributed by atoms with E-state index in [9.17, 15) is 0 Å². The van der Waals surface area contributed by atoms with Crippen molar-refractivity contribution < 1.29 is 9.47 Å². The lowest BCUT2D eigenvalue weighted by atomic mass is 10.1. The molecule has 0 bridgehead atoms. The first-order chi connectivity index (χ1) is 12.7. The van der Waals surface area contributed by atoms with Crippen molar-refractivity contribution in [1.82, 2.24) is 20.4 Å². The standard InChI is InChI=1S/C19H29N5O2/c1-5-25-17-9-8-16(14-18(17)26-6-2)15(3)23-19(20-4)21-11-13-24-12-7-10-22-24/h7-10,12,14-15H,5-6,11,13H2,1-4H3,(H2,20,21,23). The van der Waals surface area contributed by atoms with Gasteiger partial charge in [0.15, 0.2) is 17.5 Å². The van der Waals surface area contributed by atoms with Crippen LogP contribution < -0.4 is 20.1 Å². The van der Waals surface area contributed by atoms with Crippen LogP contribution in [0.25, 0.3) is 0 Å². The fourth-order valence-corrected chi connectivity index (χ4v) is 2.54. The molecule has 0 amide bonds. The molecule has 7 heteroatoms. The molecule has 0 spiro atoms. The van der Waals surface area contributed by atoms with E-state index in [1.165, 1.54) is 0 Å². The molecule has 0 aliphatic rings. The number of hydrogen-bond donors (Lipinski definition) is 2. The Balaban J connectivity index is 1.95. The lowest BCUT2D eigenvalue weighted by Crippen LogP contribution is -2.40. The Labute approximate surface area is 155 Å². The smallest absolute Gasteiger partial charge is 0.191 e. The van der Waals surface area contributed by atoms with Crippen LogP contribution in [-0.4, -0.2) is 42.5 Å². The maximum absolute atomic E-state index is 5.71. The van der Waals surface area contributed by atoms with Crippen molar-refractivity contribution >= 4 is 5.96 Å². The Kier molecular flexibility index (Phi) is 7.79. The third-order valence-electron chi connectivity index (χ3n) is 3.84. The molecule has 0 saturated carbocycles. The number of hydrogen-bond acceptors (Lipinski definition) is 4. The Morgan fingerprint density at radius 3 is 2.65 bits per heavy atom. The quantitative estimate of drug-likeness (QED) is 0.532. The van der Waals surface area contributed by atoms with Crippen LogP contribution in [0.15, 0.2) is 41.7 Å². The zero-order valence-corrected chi connectivity index (χ0v) is 16.0. The van der Waals surface area contributed by atoms with E-state index in [0.717, 1.165) is 36.1 Å². The molecule has 0 radical (unpaired) electrons. The summed E-state index contributed by atoms with van der Waals surface area (Å²) in [6.45, 7) is 8.75. The van der Waals surface area contributed by atoms with Gasteiger partial charge in [-0.15, -0.1) is 0 Å². The number of aliphatic imine (C=N–C) groups is 1. The Bertz CT molecular complexity index is 685. The van der Waals surface area contributed by atoms with E-state index >= 15 is 0 Å². The Hall–Kier alpha value is -2.70. The lowest BCUT2D eigenvalue weighted by Gasteiger charge is -2.20. The van der Waals surface area contributed by atoms with E-state index in [1.54, 1.807) is 13.2 Å². The predicted molar refractivity (Wildman–Crippen MR) is 104 cm³/mol. The molecule has 0 aliphatic heterocycles. The molecule has 0 aliphatic carbocycles. The van der Waals surface area contributed by atoms with Crippen LogP contribution in [0, 0.1) is 0 Å². The van der Waals surface area contributed by atoms with Gasteiger partial charge in [0.25, 0.3) is 0 Å². The van der Waals surface area contributed by atoms with Gasteiger partial charge in [-0.1, -0.05) is 6.07 Å². The fraction of sp³-hybridized carbons (Fsp3) is 0.474. The van der Waals surface area contributed by atoms with Gasteiger partial charge in [0.05, 0.1) is 25.8 Å². The first-order valence-corrected chi connectivity index (χ1v) is 9.02. The maximum atomic E-state index is 5.71. The number of nitrogens with zero attached hydrogens (tertiary/aromatic N) is 3. The molecule has 1 unspecified atom stereocenters. The van der Waals surface area contributed by atoms with Gasteiger partial charge in [-0.2, -0.15) is 5.10 Å². The second-order valence-corrected chi connectivity index (χ2v) is 5.71. The number of rotatable bonds is 9. The van der Waals surface area contributed by atoms with E-state index in [2.05, 4.69) is 27.6 Å². The topological polar surface area (TPSA) is 72.7 Å². The highest BCUT2D eigenvalue weighted by Gasteiger charge is 2.12. The average molecular weight is 359 g/mol. The highest BCUT2D eigenvalue weighted by molar-refractivity contribution is 5.80. The Morgan fingerprint density at radius 2 is 2.00 bits per heavy atom. The van der Waals surface area contributed by atoms with Crippen LogP contribution in [0.1, 0.15) is 32.4 Å². The van der Waals surface area contributed by atoms with Crippen molar-refractivity contribution in [3.63, 3.8) is 0 Å². The summed E-state index contributed by atoms with van der Waals surface area (Å²) in [5.41, 5.74) is 1.10. The molecule has 0 saturated heterocycles. The van der Waals surface area contributed by atoms with E-state index < -0.39 is 0 Å². The molecular formula is C19H29N5O2. The summed E-state index contributed by atoms with van der Waals surface area (Å²) in [6, 6.07) is 8.00. The van der Waals surface area contributed by atoms with Crippen molar-refractivity contribution in [3.05, 3.63) is 42.2 Å². The van der Waals surface area contributed by atoms with E-state index in [0.29, 0.717) is 13.2 Å². The van der Waals surface area contributed by atoms with Crippen molar-refractivity contribution in [2.24, 2.45) is 4.99 Å². The molecule has 1 atom stereocenters. The SMILES string of the molecule is CCOc1ccc(C(C)NC(=NC)NCCn2cccn2)cc1OCC. The molecule has 1 aromatic carbocycles. The Morgan fingerprint density at radius 1 is 1.23 bits per heavy atom. The molecule has 2 N–H and O–H groups in total. The van der Waals surface area contributed by atoms with Crippen LogP contribution in [0.3, 0.4) is 0 Å². The highest BCUT2D eigenvalue weighted by Crippen LogP contribution is 2.30. The second kappa shape index (κ2) is 10.3. The molecule has 7 nitrogen and oxygen atoms in total. The van der Waals surface area contributed by atoms with E-state index in [-0.39, 0.29) is 6.04 Å². The maximum Gasteiger partial charge on any atom is 0.191 e. The number of ether oxygens (including phenoxy) is 2. The number of guanidine groups is 1. The van der Waals surface area contributed by atoms with Crippen LogP contribution in [0.2, 0.25) is 0 Å². The molecule has 0 fully saturated rings. The summed E-state index contributed by atoms with van der Waals surface area (Å²) in [6.07, 6.45) is 3.71. The summed E-state index contributed by atoms with van der Waals surface area (Å²) in [5.74, 6) is 2.28. The van der Waals surface area contributed by atoms with E-state index in [4.69, 9.17) is 9.47 Å². The minimum atomic E-state index is 0.0702. The molecule has 2 rings (SSSR count). The average Bonchev–Trinajstić information content (AvgIpc) is 3.16. The number of aromatic nitrogens is 2. The van der Waals surface area contributed by atoms with Gasteiger partial charge in [-0.25, -0.2) is 0 Å². The normalized spacial score (nSPS) is 12.5. The molecule has 142 valence electrons. The van der Waals surface area contributed by atoms with Crippen LogP contribution in [0.5, 0.6) is 11.5 Å². The molecule has 2 aromatic rings. The minimum absolute atomic E-state index is 0.0702. The fourth-order valence-electron chi connectivity index (χ4n) is 2.54. The van der Waals surface area contributed by atoms with Gasteiger partial charge in [0.2, 0.25) is 0 Å². The largest absolute Gasteiger partial charge is 0.490 e. The zero-order valence-electron chi connectivity index (χ0n) is 16.0. The monoisotopic (exact) mass is 359 g/mol. The first-order valence-electron chi connectivity index (χ1n) is 9.02. The predicted octanol–water partition coefficient (Wildman–Crippen LogP) is 2.61. The molecule has 1 aromatic heterocycles. The van der Waals surface area contributed by atoms with Gasteiger partial charge in [0.1, 0.15) is 0 Å². The highest BCUT2D eigenvalue weighted by atomic mass is 16.5. The zero-order chi connectivity index (χ0) is 18.8. The van der Waals surface area contributed by atoms with Gasteiger partial charge >= 0.3 is 0 Å². The van der Waals surface area contributed by atoms with Gasteiger partial charge in [0, 0.05) is 26.0 Å². The second-order valence-electron chi connectivity index (χ2n) is 5.71. The van der Waals surface area contributed by atoms with Crippen LogP contribution in [0.4, 0.5) is 0 Å². The van der Waals surface area contributed by atoms with Crippen molar-refractivity contribution in [1.29, 1.82) is 0 Å². The summed E-state index contributed by atoms with van der Waals surface area (Å²) >= 11 is 0. The lowest BCUT2D eigenvalue weighted by molar-refractivity contribution is 0.287. The van der Waals surface area contributed by atoms with Gasteiger partial charge in [-0.05, 0) is 44.5 Å². The van der Waals surface area contributed by atoms with Crippen molar-refractivity contribution in [2.45, 2.75) is 33.4 Å². The summed E-state index contributed by atoms with van der Waals surface area (Å²) < 4.78 is 13.2. The molecule has 26 heavy (non-hydrogen) atoms. The van der Waals surface area contributed by atoms with E-state index in [1.807, 2.05) is 49.0 Å². The van der Waals surface area contributed by atoms with Gasteiger partial charge in [-0.3, -0.25) is 9.67 Å². The molecular weight excluding hydrogens is 330 g/mol. The molecule has 1 heterocycles. The number of benzene rings is 1. The van der Waals surface area contributed by atoms with Crippen molar-refractivity contribution in [3.8, 4) is 11.5 Å². The third kappa shape index (κ3) is 5.68. The van der Waals surface area contributed by atoms with Crippen molar-refractivity contribution in [2.75, 3.05) is 26.8 Å².